The normalized spacial score (nSPS) is 52.1. The maximum Gasteiger partial charge on any atom is 0.0661 e. The van der Waals surface area contributed by atoms with E-state index in [-0.39, 0.29) is 10.8 Å². The SMILES string of the molecule is C[C@]12CC[C@H]3C(=CC=C4C[C@@H](O)C[C@H](O)[C@@]43C)[C@@H]1CC[C@@H]2CO. The molecule has 3 fully saturated rings. The summed E-state index contributed by atoms with van der Waals surface area (Å²) in [4.78, 5) is 0. The molecule has 0 bridgehead atoms. The van der Waals surface area contributed by atoms with Crippen LogP contribution in [-0.2, 0) is 0 Å². The van der Waals surface area contributed by atoms with Crippen molar-refractivity contribution < 1.29 is 15.3 Å². The summed E-state index contributed by atoms with van der Waals surface area (Å²) in [5.41, 5.74) is 2.76. The maximum absolute atomic E-state index is 10.8. The maximum atomic E-state index is 10.8. The van der Waals surface area contributed by atoms with E-state index < -0.39 is 12.2 Å². The van der Waals surface area contributed by atoms with Crippen molar-refractivity contribution in [2.75, 3.05) is 6.61 Å². The summed E-state index contributed by atoms with van der Waals surface area (Å²) >= 11 is 0. The fraction of sp³-hybridized carbons (Fsp3) is 0.800. The molecule has 23 heavy (non-hydrogen) atoms. The molecule has 7 atom stereocenters. The molecule has 4 aliphatic rings. The molecule has 0 unspecified atom stereocenters. The van der Waals surface area contributed by atoms with Crippen LogP contribution in [0.25, 0.3) is 0 Å². The third kappa shape index (κ3) is 1.99. The molecule has 0 aliphatic heterocycles. The fourth-order valence-electron chi connectivity index (χ4n) is 6.45. The summed E-state index contributed by atoms with van der Waals surface area (Å²) in [6.45, 7) is 4.89. The molecule has 4 rings (SSSR count). The molecule has 0 aromatic rings. The van der Waals surface area contributed by atoms with Crippen LogP contribution >= 0.6 is 0 Å². The Morgan fingerprint density at radius 3 is 2.61 bits per heavy atom. The molecule has 3 nitrogen and oxygen atoms in total. The molecular formula is C20H30O3. The third-order valence-corrected chi connectivity index (χ3v) is 8.07. The molecule has 3 saturated carbocycles. The Morgan fingerprint density at radius 1 is 1.09 bits per heavy atom. The van der Waals surface area contributed by atoms with Crippen molar-refractivity contribution in [2.24, 2.45) is 28.6 Å². The first-order valence-electron chi connectivity index (χ1n) is 9.29. The number of fused-ring (bicyclic) bond motifs is 5. The van der Waals surface area contributed by atoms with Crippen LogP contribution in [0.2, 0.25) is 0 Å². The Kier molecular flexibility index (Phi) is 3.57. The average molecular weight is 318 g/mol. The third-order valence-electron chi connectivity index (χ3n) is 8.07. The van der Waals surface area contributed by atoms with Crippen LogP contribution in [0.5, 0.6) is 0 Å². The molecule has 4 aliphatic carbocycles. The van der Waals surface area contributed by atoms with Gasteiger partial charge in [0, 0.05) is 18.4 Å². The van der Waals surface area contributed by atoms with Crippen molar-refractivity contribution in [1.29, 1.82) is 0 Å². The van der Waals surface area contributed by atoms with Gasteiger partial charge in [0.15, 0.2) is 0 Å². The molecule has 128 valence electrons. The molecule has 0 aromatic heterocycles. The van der Waals surface area contributed by atoms with Gasteiger partial charge in [-0.2, -0.15) is 0 Å². The van der Waals surface area contributed by atoms with Crippen LogP contribution in [0.3, 0.4) is 0 Å². The highest BCUT2D eigenvalue weighted by molar-refractivity contribution is 5.40. The van der Waals surface area contributed by atoms with Crippen LogP contribution in [0, 0.1) is 28.6 Å². The molecule has 3 heteroatoms. The molecule has 0 radical (unpaired) electrons. The zero-order valence-electron chi connectivity index (χ0n) is 14.3. The van der Waals surface area contributed by atoms with E-state index in [0.29, 0.717) is 37.2 Å². The minimum atomic E-state index is -0.453. The van der Waals surface area contributed by atoms with Gasteiger partial charge in [-0.25, -0.2) is 0 Å². The second kappa shape index (κ2) is 5.18. The van der Waals surface area contributed by atoms with Gasteiger partial charge in [-0.1, -0.05) is 37.1 Å². The highest BCUT2D eigenvalue weighted by atomic mass is 16.3. The van der Waals surface area contributed by atoms with Crippen molar-refractivity contribution in [3.8, 4) is 0 Å². The van der Waals surface area contributed by atoms with E-state index in [0.717, 1.165) is 19.3 Å². The molecule has 0 saturated heterocycles. The van der Waals surface area contributed by atoms with Crippen LogP contribution in [0.15, 0.2) is 23.3 Å². The molecule has 0 heterocycles. The van der Waals surface area contributed by atoms with Gasteiger partial charge in [-0.15, -0.1) is 0 Å². The zero-order chi connectivity index (χ0) is 16.4. The lowest BCUT2D eigenvalue weighted by molar-refractivity contribution is -0.0542. The Morgan fingerprint density at radius 2 is 1.87 bits per heavy atom. The Balaban J connectivity index is 1.74. The predicted molar refractivity (Wildman–Crippen MR) is 89.7 cm³/mol. The standard InChI is InChI=1S/C20H30O3/c1-19-8-7-17-15(16(19)6-4-13(19)11-21)5-3-12-9-14(22)10-18(23)20(12,17)2/h3,5,13-14,16-18,21-23H,4,6-11H2,1-2H3/t13-,14-,16+,17+,18+,19-,20+/m1/s1. The van der Waals surface area contributed by atoms with Crippen LogP contribution < -0.4 is 0 Å². The lowest BCUT2D eigenvalue weighted by atomic mass is 9.50. The summed E-state index contributed by atoms with van der Waals surface area (Å²) in [5, 5.41) is 30.6. The Labute approximate surface area is 139 Å². The van der Waals surface area contributed by atoms with E-state index >= 15 is 0 Å². The monoisotopic (exact) mass is 318 g/mol. The van der Waals surface area contributed by atoms with Gasteiger partial charge in [0.2, 0.25) is 0 Å². The lowest BCUT2D eigenvalue weighted by Crippen LogP contribution is -2.52. The first kappa shape index (κ1) is 15.9. The lowest BCUT2D eigenvalue weighted by Gasteiger charge is -2.56. The number of aliphatic hydroxyl groups is 3. The minimum Gasteiger partial charge on any atom is -0.396 e. The quantitative estimate of drug-likeness (QED) is 0.697. The summed E-state index contributed by atoms with van der Waals surface area (Å²) in [6, 6.07) is 0. The smallest absolute Gasteiger partial charge is 0.0661 e. The summed E-state index contributed by atoms with van der Waals surface area (Å²) in [7, 11) is 0. The largest absolute Gasteiger partial charge is 0.396 e. The van der Waals surface area contributed by atoms with Crippen LogP contribution in [0.1, 0.15) is 52.4 Å². The van der Waals surface area contributed by atoms with Gasteiger partial charge in [-0.05, 0) is 55.3 Å². The zero-order valence-corrected chi connectivity index (χ0v) is 14.3. The van der Waals surface area contributed by atoms with Gasteiger partial charge in [-0.3, -0.25) is 0 Å². The number of allylic oxidation sites excluding steroid dienone is 3. The average Bonchev–Trinajstić information content (AvgIpc) is 2.85. The minimum absolute atomic E-state index is 0.206. The van der Waals surface area contributed by atoms with E-state index in [1.807, 2.05) is 0 Å². The Bertz CT molecular complexity index is 565. The van der Waals surface area contributed by atoms with E-state index in [4.69, 9.17) is 0 Å². The molecular weight excluding hydrogens is 288 g/mol. The summed E-state index contributed by atoms with van der Waals surface area (Å²) in [6.07, 6.45) is 9.36. The van der Waals surface area contributed by atoms with Crippen molar-refractivity contribution in [1.82, 2.24) is 0 Å². The predicted octanol–water partition coefficient (Wildman–Crippen LogP) is 2.81. The van der Waals surface area contributed by atoms with E-state index in [2.05, 4.69) is 26.0 Å². The van der Waals surface area contributed by atoms with Crippen LogP contribution in [0.4, 0.5) is 0 Å². The van der Waals surface area contributed by atoms with E-state index in [9.17, 15) is 15.3 Å². The number of aliphatic hydroxyl groups excluding tert-OH is 3. The van der Waals surface area contributed by atoms with Gasteiger partial charge in [0.25, 0.3) is 0 Å². The molecule has 0 aromatic carbocycles. The molecule has 0 amide bonds. The Hall–Kier alpha value is -0.640. The van der Waals surface area contributed by atoms with Crippen LogP contribution in [-0.4, -0.2) is 34.1 Å². The highest BCUT2D eigenvalue weighted by Crippen LogP contribution is 2.64. The number of hydrogen-bond acceptors (Lipinski definition) is 3. The van der Waals surface area contributed by atoms with Crippen molar-refractivity contribution in [3.05, 3.63) is 23.3 Å². The molecule has 3 N–H and O–H groups in total. The number of rotatable bonds is 1. The van der Waals surface area contributed by atoms with E-state index in [1.165, 1.54) is 17.6 Å². The number of hydrogen-bond donors (Lipinski definition) is 3. The van der Waals surface area contributed by atoms with Gasteiger partial charge < -0.3 is 15.3 Å². The topological polar surface area (TPSA) is 60.7 Å². The van der Waals surface area contributed by atoms with Crippen molar-refractivity contribution >= 4 is 0 Å². The van der Waals surface area contributed by atoms with Gasteiger partial charge in [0.05, 0.1) is 12.2 Å². The summed E-state index contributed by atoms with van der Waals surface area (Å²) < 4.78 is 0. The first-order chi connectivity index (χ1) is 10.9. The second-order valence-corrected chi connectivity index (χ2v) is 8.86. The fourth-order valence-corrected chi connectivity index (χ4v) is 6.45. The van der Waals surface area contributed by atoms with Gasteiger partial charge >= 0.3 is 0 Å². The highest BCUT2D eigenvalue weighted by Gasteiger charge is 2.58. The van der Waals surface area contributed by atoms with Crippen molar-refractivity contribution in [2.45, 2.75) is 64.6 Å². The second-order valence-electron chi connectivity index (χ2n) is 8.86. The first-order valence-corrected chi connectivity index (χ1v) is 9.29. The van der Waals surface area contributed by atoms with Crippen molar-refractivity contribution in [3.63, 3.8) is 0 Å². The summed E-state index contributed by atoms with van der Waals surface area (Å²) in [5.74, 6) is 1.37. The van der Waals surface area contributed by atoms with Gasteiger partial charge in [0.1, 0.15) is 0 Å². The molecule has 0 spiro atoms. The van der Waals surface area contributed by atoms with E-state index in [1.54, 1.807) is 0 Å².